The number of rotatable bonds is 7. The van der Waals surface area contributed by atoms with Crippen LogP contribution in [0.25, 0.3) is 0 Å². The maximum atomic E-state index is 11.0. The molecule has 3 N–H and O–H groups in total. The summed E-state index contributed by atoms with van der Waals surface area (Å²) in [5, 5.41) is 2.75. The van der Waals surface area contributed by atoms with Crippen molar-refractivity contribution < 1.29 is 4.79 Å². The van der Waals surface area contributed by atoms with Crippen LogP contribution in [0.5, 0.6) is 0 Å². The first-order chi connectivity index (χ1) is 6.18. The van der Waals surface area contributed by atoms with Gasteiger partial charge in [-0.05, 0) is 13.3 Å². The molecule has 0 aliphatic rings. The van der Waals surface area contributed by atoms with Gasteiger partial charge in [-0.2, -0.15) is 0 Å². The van der Waals surface area contributed by atoms with Crippen molar-refractivity contribution in [1.82, 2.24) is 16.2 Å². The Labute approximate surface area is 79.8 Å². The van der Waals surface area contributed by atoms with Crippen molar-refractivity contribution >= 4 is 5.91 Å². The second kappa shape index (κ2) is 7.76. The third-order valence-corrected chi connectivity index (χ3v) is 1.45. The number of hydrazine groups is 1. The van der Waals surface area contributed by atoms with Gasteiger partial charge in [0.1, 0.15) is 0 Å². The summed E-state index contributed by atoms with van der Waals surface area (Å²) in [5.74, 6) is -0.0662. The van der Waals surface area contributed by atoms with Crippen molar-refractivity contribution in [2.75, 3.05) is 19.6 Å². The predicted octanol–water partition coefficient (Wildman–Crippen LogP) is 0.183. The zero-order valence-electron chi connectivity index (χ0n) is 8.44. The highest BCUT2D eigenvalue weighted by molar-refractivity contribution is 5.91. The Kier molecular flexibility index (Phi) is 7.24. The lowest BCUT2D eigenvalue weighted by atomic mass is 10.3. The summed E-state index contributed by atoms with van der Waals surface area (Å²) in [6.07, 6.45) is 0.909. The van der Waals surface area contributed by atoms with Gasteiger partial charge in [-0.1, -0.05) is 13.5 Å². The molecule has 0 radical (unpaired) electrons. The van der Waals surface area contributed by atoms with Gasteiger partial charge in [0.2, 0.25) is 5.91 Å². The maximum Gasteiger partial charge on any atom is 0.246 e. The Balaban J connectivity index is 3.16. The van der Waals surface area contributed by atoms with E-state index in [-0.39, 0.29) is 5.91 Å². The fraction of sp³-hybridized carbons (Fsp3) is 0.667. The third kappa shape index (κ3) is 7.49. The van der Waals surface area contributed by atoms with Crippen LogP contribution in [-0.2, 0) is 4.79 Å². The summed E-state index contributed by atoms with van der Waals surface area (Å²) in [5.41, 5.74) is 6.55. The van der Waals surface area contributed by atoms with Gasteiger partial charge in [0.25, 0.3) is 0 Å². The SMILES string of the molecule is C=C(C)C(=O)NCCCNNCC. The molecule has 4 heteroatoms. The van der Waals surface area contributed by atoms with Crippen molar-refractivity contribution in [2.45, 2.75) is 20.3 Å². The highest BCUT2D eigenvalue weighted by Gasteiger charge is 1.98. The molecule has 0 bridgehead atoms. The van der Waals surface area contributed by atoms with E-state index in [1.54, 1.807) is 6.92 Å². The largest absolute Gasteiger partial charge is 0.352 e. The summed E-state index contributed by atoms with van der Waals surface area (Å²) in [7, 11) is 0. The number of nitrogens with one attached hydrogen (secondary N) is 3. The normalized spacial score (nSPS) is 9.69. The third-order valence-electron chi connectivity index (χ3n) is 1.45. The Hall–Kier alpha value is -0.870. The van der Waals surface area contributed by atoms with Crippen LogP contribution in [0.4, 0.5) is 0 Å². The highest BCUT2D eigenvalue weighted by atomic mass is 16.1. The zero-order valence-corrected chi connectivity index (χ0v) is 8.44. The van der Waals surface area contributed by atoms with Crippen LogP contribution in [0.15, 0.2) is 12.2 Å². The average molecular weight is 185 g/mol. The van der Waals surface area contributed by atoms with E-state index in [1.807, 2.05) is 6.92 Å². The molecule has 0 unspecified atom stereocenters. The Morgan fingerprint density at radius 2 is 2.00 bits per heavy atom. The van der Waals surface area contributed by atoms with Crippen LogP contribution in [0.1, 0.15) is 20.3 Å². The van der Waals surface area contributed by atoms with Crippen LogP contribution < -0.4 is 16.2 Å². The molecule has 0 aliphatic carbocycles. The minimum atomic E-state index is -0.0662. The maximum absolute atomic E-state index is 11.0. The van der Waals surface area contributed by atoms with E-state index in [9.17, 15) is 4.79 Å². The topological polar surface area (TPSA) is 53.2 Å². The molecule has 0 spiro atoms. The Bertz CT molecular complexity index is 168. The molecule has 0 saturated carbocycles. The molecule has 0 saturated heterocycles. The summed E-state index contributed by atoms with van der Waals surface area (Å²) < 4.78 is 0. The summed E-state index contributed by atoms with van der Waals surface area (Å²) in [6.45, 7) is 9.70. The van der Waals surface area contributed by atoms with E-state index in [0.29, 0.717) is 12.1 Å². The van der Waals surface area contributed by atoms with Gasteiger partial charge in [0.05, 0.1) is 0 Å². The predicted molar refractivity (Wildman–Crippen MR) is 54.1 cm³/mol. The van der Waals surface area contributed by atoms with E-state index in [0.717, 1.165) is 19.5 Å². The molecule has 4 nitrogen and oxygen atoms in total. The Morgan fingerprint density at radius 3 is 2.54 bits per heavy atom. The molecule has 0 atom stereocenters. The summed E-state index contributed by atoms with van der Waals surface area (Å²) >= 11 is 0. The average Bonchev–Trinajstić information content (AvgIpc) is 2.10. The van der Waals surface area contributed by atoms with Crippen molar-refractivity contribution in [3.8, 4) is 0 Å². The lowest BCUT2D eigenvalue weighted by Crippen LogP contribution is -2.34. The van der Waals surface area contributed by atoms with Crippen LogP contribution >= 0.6 is 0 Å². The quantitative estimate of drug-likeness (QED) is 0.301. The van der Waals surface area contributed by atoms with Gasteiger partial charge >= 0.3 is 0 Å². The first kappa shape index (κ1) is 12.1. The summed E-state index contributed by atoms with van der Waals surface area (Å²) in [4.78, 5) is 11.0. The highest BCUT2D eigenvalue weighted by Crippen LogP contribution is 1.85. The standard InChI is InChI=1S/C9H19N3O/c1-4-11-12-7-5-6-10-9(13)8(2)3/h11-12H,2,4-7H2,1,3H3,(H,10,13). The van der Waals surface area contributed by atoms with Crippen molar-refractivity contribution in [3.63, 3.8) is 0 Å². The molecular weight excluding hydrogens is 166 g/mol. The second-order valence-corrected chi connectivity index (χ2v) is 2.85. The number of carbonyl (C=O) groups excluding carboxylic acids is 1. The molecule has 0 aromatic rings. The van der Waals surface area contributed by atoms with Gasteiger partial charge < -0.3 is 5.32 Å². The molecule has 0 fully saturated rings. The van der Waals surface area contributed by atoms with Crippen LogP contribution in [0.3, 0.4) is 0 Å². The second-order valence-electron chi connectivity index (χ2n) is 2.85. The van der Waals surface area contributed by atoms with Gasteiger partial charge in [-0.25, -0.2) is 0 Å². The molecule has 76 valence electrons. The smallest absolute Gasteiger partial charge is 0.246 e. The zero-order chi connectivity index (χ0) is 10.1. The molecule has 0 heterocycles. The Morgan fingerprint density at radius 1 is 1.31 bits per heavy atom. The molecule has 0 rings (SSSR count). The molecule has 13 heavy (non-hydrogen) atoms. The number of carbonyl (C=O) groups is 1. The monoisotopic (exact) mass is 185 g/mol. The number of hydrogen-bond donors (Lipinski definition) is 3. The fourth-order valence-corrected chi connectivity index (χ4v) is 0.743. The van der Waals surface area contributed by atoms with Gasteiger partial charge in [-0.15, -0.1) is 0 Å². The minimum absolute atomic E-state index is 0.0662. The van der Waals surface area contributed by atoms with Crippen molar-refractivity contribution in [1.29, 1.82) is 0 Å². The lowest BCUT2D eigenvalue weighted by Gasteiger charge is -2.05. The first-order valence-electron chi connectivity index (χ1n) is 4.58. The van der Waals surface area contributed by atoms with Crippen molar-refractivity contribution in [3.05, 3.63) is 12.2 Å². The van der Waals surface area contributed by atoms with E-state index in [4.69, 9.17) is 0 Å². The molecule has 0 aromatic heterocycles. The minimum Gasteiger partial charge on any atom is -0.352 e. The molecule has 0 aliphatic heterocycles. The fourth-order valence-electron chi connectivity index (χ4n) is 0.743. The summed E-state index contributed by atoms with van der Waals surface area (Å²) in [6, 6.07) is 0. The van der Waals surface area contributed by atoms with E-state index in [2.05, 4.69) is 22.7 Å². The lowest BCUT2D eigenvalue weighted by molar-refractivity contribution is -0.117. The van der Waals surface area contributed by atoms with Crippen molar-refractivity contribution in [2.24, 2.45) is 0 Å². The van der Waals surface area contributed by atoms with Gasteiger partial charge in [-0.3, -0.25) is 15.6 Å². The number of hydrogen-bond acceptors (Lipinski definition) is 3. The van der Waals surface area contributed by atoms with E-state index in [1.165, 1.54) is 0 Å². The molecule has 1 amide bonds. The van der Waals surface area contributed by atoms with E-state index < -0.39 is 0 Å². The van der Waals surface area contributed by atoms with E-state index >= 15 is 0 Å². The van der Waals surface area contributed by atoms with Crippen LogP contribution in [0.2, 0.25) is 0 Å². The molecule has 0 aromatic carbocycles. The molecular formula is C9H19N3O. The van der Waals surface area contributed by atoms with Gasteiger partial charge in [0.15, 0.2) is 0 Å². The van der Waals surface area contributed by atoms with Gasteiger partial charge in [0, 0.05) is 25.2 Å². The first-order valence-corrected chi connectivity index (χ1v) is 4.58. The number of amides is 1. The van der Waals surface area contributed by atoms with Crippen LogP contribution in [0, 0.1) is 0 Å². The van der Waals surface area contributed by atoms with Crippen LogP contribution in [-0.4, -0.2) is 25.5 Å².